The van der Waals surface area contributed by atoms with Gasteiger partial charge in [-0.25, -0.2) is 9.69 Å². The van der Waals surface area contributed by atoms with Crippen LogP contribution in [0.15, 0.2) is 54.1 Å². The standard InChI is InChI=1S/C23H21N5O6/c1-15(29)25-9-11-26(12-10-25)20-8-7-18(28(33)34)13-16(20)14-19-21(30)24-23(32)27(22(19)31)17-5-3-2-4-6-17/h2-8,13-14H,9-12H2,1H3,(H,24,30,32)/b19-14-. The van der Waals surface area contributed by atoms with E-state index in [1.807, 2.05) is 4.90 Å². The van der Waals surface area contributed by atoms with Crippen LogP contribution in [0.4, 0.5) is 21.9 Å². The number of piperazine rings is 1. The minimum atomic E-state index is -0.888. The normalized spacial score (nSPS) is 17.7. The summed E-state index contributed by atoms with van der Waals surface area (Å²) in [5, 5.41) is 13.5. The van der Waals surface area contributed by atoms with Crippen LogP contribution in [0.2, 0.25) is 0 Å². The lowest BCUT2D eigenvalue weighted by molar-refractivity contribution is -0.384. The number of imide groups is 2. The molecule has 2 aliphatic rings. The summed E-state index contributed by atoms with van der Waals surface area (Å²) in [6, 6.07) is 11.4. The predicted octanol–water partition coefficient (Wildman–Crippen LogP) is 1.93. The summed E-state index contributed by atoms with van der Waals surface area (Å²) in [5.74, 6) is -1.76. The fraction of sp³-hybridized carbons (Fsp3) is 0.217. The second kappa shape index (κ2) is 9.14. The van der Waals surface area contributed by atoms with Crippen molar-refractivity contribution >= 4 is 46.9 Å². The fourth-order valence-corrected chi connectivity index (χ4v) is 3.95. The predicted molar refractivity (Wildman–Crippen MR) is 123 cm³/mol. The van der Waals surface area contributed by atoms with Gasteiger partial charge in [-0.3, -0.25) is 29.8 Å². The van der Waals surface area contributed by atoms with Crippen molar-refractivity contribution < 1.29 is 24.1 Å². The van der Waals surface area contributed by atoms with Crippen molar-refractivity contribution in [3.63, 3.8) is 0 Å². The topological polar surface area (TPSA) is 133 Å². The molecule has 0 aliphatic carbocycles. The highest BCUT2D eigenvalue weighted by Crippen LogP contribution is 2.30. The molecular weight excluding hydrogens is 442 g/mol. The lowest BCUT2D eigenvalue weighted by atomic mass is 10.0. The minimum Gasteiger partial charge on any atom is -0.367 e. The van der Waals surface area contributed by atoms with Gasteiger partial charge in [-0.05, 0) is 24.3 Å². The Bertz CT molecular complexity index is 1220. The van der Waals surface area contributed by atoms with Gasteiger partial charge in [0.05, 0.1) is 10.6 Å². The Morgan fingerprint density at radius 2 is 1.71 bits per heavy atom. The van der Waals surface area contributed by atoms with Crippen molar-refractivity contribution in [2.75, 3.05) is 36.0 Å². The number of urea groups is 1. The van der Waals surface area contributed by atoms with E-state index in [9.17, 15) is 29.3 Å². The van der Waals surface area contributed by atoms with Crippen molar-refractivity contribution in [1.82, 2.24) is 10.2 Å². The van der Waals surface area contributed by atoms with Crippen molar-refractivity contribution in [3.8, 4) is 0 Å². The molecule has 11 heteroatoms. The van der Waals surface area contributed by atoms with Crippen molar-refractivity contribution in [1.29, 1.82) is 0 Å². The van der Waals surface area contributed by atoms with Crippen LogP contribution in [0.1, 0.15) is 12.5 Å². The molecule has 174 valence electrons. The summed E-state index contributed by atoms with van der Waals surface area (Å²) < 4.78 is 0. The Labute approximate surface area is 194 Å². The lowest BCUT2D eigenvalue weighted by Crippen LogP contribution is -2.54. The van der Waals surface area contributed by atoms with Crippen LogP contribution in [0.3, 0.4) is 0 Å². The Kier molecular flexibility index (Phi) is 6.09. The Hall–Kier alpha value is -4.54. The molecule has 0 aromatic heterocycles. The third-order valence-corrected chi connectivity index (χ3v) is 5.70. The number of carbonyl (C=O) groups is 4. The van der Waals surface area contributed by atoms with Crippen LogP contribution >= 0.6 is 0 Å². The highest BCUT2D eigenvalue weighted by atomic mass is 16.6. The highest BCUT2D eigenvalue weighted by Gasteiger charge is 2.37. The summed E-state index contributed by atoms with van der Waals surface area (Å²) in [7, 11) is 0. The third-order valence-electron chi connectivity index (χ3n) is 5.70. The molecule has 0 saturated carbocycles. The third kappa shape index (κ3) is 4.35. The van der Waals surface area contributed by atoms with E-state index in [1.165, 1.54) is 25.1 Å². The largest absolute Gasteiger partial charge is 0.367 e. The summed E-state index contributed by atoms with van der Waals surface area (Å²) >= 11 is 0. The summed E-state index contributed by atoms with van der Waals surface area (Å²) in [6.45, 7) is 3.38. The van der Waals surface area contributed by atoms with Crippen LogP contribution in [0.25, 0.3) is 6.08 Å². The van der Waals surface area contributed by atoms with Crippen LogP contribution in [-0.2, 0) is 14.4 Å². The number of rotatable bonds is 4. The molecule has 11 nitrogen and oxygen atoms in total. The number of anilines is 2. The fourth-order valence-electron chi connectivity index (χ4n) is 3.95. The van der Waals surface area contributed by atoms with Crippen molar-refractivity contribution in [3.05, 3.63) is 69.8 Å². The minimum absolute atomic E-state index is 0.0409. The smallest absolute Gasteiger partial charge is 0.335 e. The van der Waals surface area contributed by atoms with Gasteiger partial charge in [0.25, 0.3) is 17.5 Å². The van der Waals surface area contributed by atoms with Gasteiger partial charge in [0, 0.05) is 56.5 Å². The molecule has 2 saturated heterocycles. The molecule has 2 aliphatic heterocycles. The zero-order valence-corrected chi connectivity index (χ0v) is 18.3. The van der Waals surface area contributed by atoms with Crippen molar-refractivity contribution in [2.45, 2.75) is 6.92 Å². The van der Waals surface area contributed by atoms with Gasteiger partial charge < -0.3 is 9.80 Å². The van der Waals surface area contributed by atoms with Crippen LogP contribution in [0, 0.1) is 10.1 Å². The Morgan fingerprint density at radius 1 is 1.03 bits per heavy atom. The SMILES string of the molecule is CC(=O)N1CCN(c2ccc([N+](=O)[O-])cc2/C=C2/C(=O)NC(=O)N(c3ccccc3)C2=O)CC1. The van der Waals surface area contributed by atoms with Gasteiger partial charge in [0.2, 0.25) is 5.91 Å². The number of nitrogens with one attached hydrogen (secondary N) is 1. The average molecular weight is 463 g/mol. The molecule has 0 atom stereocenters. The summed E-state index contributed by atoms with van der Waals surface area (Å²) in [4.78, 5) is 65.1. The Morgan fingerprint density at radius 3 is 2.32 bits per heavy atom. The molecule has 0 unspecified atom stereocenters. The number of nitrogens with zero attached hydrogens (tertiary/aromatic N) is 4. The van der Waals surface area contributed by atoms with Gasteiger partial charge in [0.15, 0.2) is 0 Å². The maximum atomic E-state index is 13.2. The van der Waals surface area contributed by atoms with Gasteiger partial charge in [-0.15, -0.1) is 0 Å². The Balaban J connectivity index is 1.74. The van der Waals surface area contributed by atoms with E-state index in [1.54, 1.807) is 41.3 Å². The molecule has 0 bridgehead atoms. The number of amides is 5. The first kappa shape index (κ1) is 22.6. The molecule has 0 spiro atoms. The maximum Gasteiger partial charge on any atom is 0.335 e. The zero-order valence-electron chi connectivity index (χ0n) is 18.3. The quantitative estimate of drug-likeness (QED) is 0.317. The van der Waals surface area contributed by atoms with Gasteiger partial charge in [0.1, 0.15) is 5.57 Å². The van der Waals surface area contributed by atoms with E-state index >= 15 is 0 Å². The zero-order chi connectivity index (χ0) is 24.4. The molecule has 1 N–H and O–H groups in total. The number of benzene rings is 2. The van der Waals surface area contributed by atoms with Crippen molar-refractivity contribution in [2.24, 2.45) is 0 Å². The number of nitro benzene ring substituents is 1. The lowest BCUT2D eigenvalue weighted by Gasteiger charge is -2.36. The molecule has 4 rings (SSSR count). The summed E-state index contributed by atoms with van der Waals surface area (Å²) in [5.41, 5.74) is 0.602. The van der Waals surface area contributed by atoms with E-state index in [0.29, 0.717) is 31.9 Å². The molecule has 2 heterocycles. The first-order valence-corrected chi connectivity index (χ1v) is 10.5. The van der Waals surface area contributed by atoms with Crippen LogP contribution in [0.5, 0.6) is 0 Å². The molecule has 5 amide bonds. The number of barbiturate groups is 1. The van der Waals surface area contributed by atoms with Gasteiger partial charge >= 0.3 is 6.03 Å². The molecule has 2 fully saturated rings. The highest BCUT2D eigenvalue weighted by molar-refractivity contribution is 6.39. The maximum absolute atomic E-state index is 13.2. The van der Waals surface area contributed by atoms with E-state index < -0.39 is 22.8 Å². The average Bonchev–Trinajstić information content (AvgIpc) is 2.82. The number of para-hydroxylation sites is 1. The number of hydrogen-bond donors (Lipinski definition) is 1. The van der Waals surface area contributed by atoms with Gasteiger partial charge in [-0.1, -0.05) is 18.2 Å². The van der Waals surface area contributed by atoms with Gasteiger partial charge in [-0.2, -0.15) is 0 Å². The second-order valence-corrected chi connectivity index (χ2v) is 7.79. The number of carbonyl (C=O) groups excluding carboxylic acids is 4. The number of non-ortho nitro benzene ring substituents is 1. The monoisotopic (exact) mass is 463 g/mol. The molecule has 2 aromatic carbocycles. The van der Waals surface area contributed by atoms with Crippen LogP contribution in [-0.4, -0.2) is 59.8 Å². The molecule has 0 radical (unpaired) electrons. The molecule has 2 aromatic rings. The number of nitro groups is 1. The molecular formula is C23H21N5O6. The van der Waals surface area contributed by atoms with E-state index in [-0.39, 0.29) is 28.4 Å². The van der Waals surface area contributed by atoms with E-state index in [4.69, 9.17) is 0 Å². The van der Waals surface area contributed by atoms with E-state index in [2.05, 4.69) is 5.32 Å². The second-order valence-electron chi connectivity index (χ2n) is 7.79. The first-order valence-electron chi connectivity index (χ1n) is 10.5. The first-order chi connectivity index (χ1) is 16.3. The van der Waals surface area contributed by atoms with E-state index in [0.717, 1.165) is 4.90 Å². The van der Waals surface area contributed by atoms with Crippen LogP contribution < -0.4 is 15.1 Å². The molecule has 34 heavy (non-hydrogen) atoms. The number of hydrogen-bond acceptors (Lipinski definition) is 7. The summed E-state index contributed by atoms with van der Waals surface area (Å²) in [6.07, 6.45) is 1.26.